The number of nitrogens with zero attached hydrogens (tertiary/aromatic N) is 4. The Morgan fingerprint density at radius 2 is 2.05 bits per heavy atom. The zero-order valence-electron chi connectivity index (χ0n) is 13.4. The summed E-state index contributed by atoms with van der Waals surface area (Å²) in [6.45, 7) is 2.01. The third-order valence-corrected chi connectivity index (χ3v) is 5.09. The van der Waals surface area contributed by atoms with E-state index in [1.54, 1.807) is 6.07 Å². The van der Waals surface area contributed by atoms with E-state index in [0.29, 0.717) is 5.41 Å². The van der Waals surface area contributed by atoms with Crippen molar-refractivity contribution in [2.75, 3.05) is 37.0 Å². The van der Waals surface area contributed by atoms with E-state index in [1.807, 2.05) is 19.0 Å². The normalized spacial score (nSPS) is 19.8. The van der Waals surface area contributed by atoms with Crippen LogP contribution in [0.5, 0.6) is 0 Å². The lowest BCUT2D eigenvalue weighted by Crippen LogP contribution is -2.32. The van der Waals surface area contributed by atoms with Crippen LogP contribution in [0.25, 0.3) is 0 Å². The Balaban J connectivity index is 1.96. The minimum atomic E-state index is -0.227. The fourth-order valence-corrected chi connectivity index (χ4v) is 3.88. The molecule has 0 atom stereocenters. The highest BCUT2D eigenvalue weighted by molar-refractivity contribution is 5.66. The van der Waals surface area contributed by atoms with E-state index in [4.69, 9.17) is 0 Å². The van der Waals surface area contributed by atoms with Crippen LogP contribution in [-0.4, -0.2) is 43.3 Å². The first-order valence-electron chi connectivity index (χ1n) is 8.03. The molecule has 0 radical (unpaired) electrons. The fraction of sp³-hybridized carbons (Fsp3) is 0.688. The average molecular weight is 304 g/mol. The van der Waals surface area contributed by atoms with Crippen LogP contribution < -0.4 is 15.4 Å². The Morgan fingerprint density at radius 3 is 2.68 bits per heavy atom. The van der Waals surface area contributed by atoms with Gasteiger partial charge in [0.15, 0.2) is 5.82 Å². The second kappa shape index (κ2) is 5.74. The Labute approximate surface area is 130 Å². The van der Waals surface area contributed by atoms with Gasteiger partial charge in [0.1, 0.15) is 12.8 Å². The Morgan fingerprint density at radius 1 is 1.32 bits per heavy atom. The van der Waals surface area contributed by atoms with E-state index in [-0.39, 0.29) is 12.1 Å². The van der Waals surface area contributed by atoms with E-state index in [9.17, 15) is 9.59 Å². The highest BCUT2D eigenvalue weighted by Crippen LogP contribution is 2.46. The van der Waals surface area contributed by atoms with E-state index >= 15 is 0 Å². The molecule has 0 amide bonds. The summed E-state index contributed by atoms with van der Waals surface area (Å²) in [6.07, 6.45) is 7.17. The van der Waals surface area contributed by atoms with Crippen molar-refractivity contribution in [1.29, 1.82) is 0 Å². The summed E-state index contributed by atoms with van der Waals surface area (Å²) in [7, 11) is 3.84. The molecular formula is C16H24N4O2. The fourth-order valence-electron chi connectivity index (χ4n) is 3.88. The molecule has 2 heterocycles. The topological polar surface area (TPSA) is 58.4 Å². The first-order valence-corrected chi connectivity index (χ1v) is 8.03. The Bertz CT molecular complexity index is 617. The second-order valence-corrected chi connectivity index (χ2v) is 6.81. The summed E-state index contributed by atoms with van der Waals surface area (Å²) < 4.78 is 1.26. The van der Waals surface area contributed by atoms with Crippen molar-refractivity contribution < 1.29 is 4.79 Å². The molecule has 0 bridgehead atoms. The molecule has 0 N–H and O–H groups in total. The van der Waals surface area contributed by atoms with Gasteiger partial charge in [0.2, 0.25) is 0 Å². The molecule has 1 aliphatic heterocycles. The number of carbonyl (C=O) groups is 1. The van der Waals surface area contributed by atoms with E-state index in [1.165, 1.54) is 36.8 Å². The minimum Gasteiger partial charge on any atom is -0.374 e. The monoisotopic (exact) mass is 304 g/mol. The molecule has 6 heteroatoms. The van der Waals surface area contributed by atoms with Crippen LogP contribution in [0.3, 0.4) is 0 Å². The number of anilines is 2. The van der Waals surface area contributed by atoms with Gasteiger partial charge in [0.25, 0.3) is 5.56 Å². The van der Waals surface area contributed by atoms with Crippen molar-refractivity contribution in [3.63, 3.8) is 0 Å². The van der Waals surface area contributed by atoms with Crippen LogP contribution in [0.15, 0.2) is 10.9 Å². The number of rotatable bonds is 4. The molecule has 1 saturated carbocycles. The quantitative estimate of drug-likeness (QED) is 0.784. The number of carbonyl (C=O) groups excluding carboxylic acids is 1. The molecule has 0 unspecified atom stereocenters. The molecule has 2 fully saturated rings. The first kappa shape index (κ1) is 15.1. The number of aromatic nitrogens is 2. The van der Waals surface area contributed by atoms with Gasteiger partial charge >= 0.3 is 0 Å². The molecule has 2 aliphatic rings. The maximum atomic E-state index is 12.0. The summed E-state index contributed by atoms with van der Waals surface area (Å²) in [6, 6.07) is 1.59. The lowest BCUT2D eigenvalue weighted by atomic mass is 9.86. The third-order valence-electron chi connectivity index (χ3n) is 5.09. The van der Waals surface area contributed by atoms with Crippen molar-refractivity contribution in [2.24, 2.45) is 5.41 Å². The van der Waals surface area contributed by atoms with Crippen LogP contribution in [0, 0.1) is 5.41 Å². The largest absolute Gasteiger partial charge is 0.374 e. The summed E-state index contributed by atoms with van der Waals surface area (Å²) in [5.74, 6) is 0.829. The van der Waals surface area contributed by atoms with Gasteiger partial charge in [-0.05, 0) is 24.7 Å². The molecule has 22 heavy (non-hydrogen) atoms. The zero-order chi connectivity index (χ0) is 15.7. The van der Waals surface area contributed by atoms with E-state index < -0.39 is 0 Å². The average Bonchev–Trinajstić information content (AvgIpc) is 3.11. The molecule has 120 valence electrons. The minimum absolute atomic E-state index is 0.0124. The van der Waals surface area contributed by atoms with Gasteiger partial charge in [-0.15, -0.1) is 5.10 Å². The first-order chi connectivity index (χ1) is 10.5. The van der Waals surface area contributed by atoms with Gasteiger partial charge in [-0.1, -0.05) is 12.8 Å². The molecule has 3 rings (SSSR count). The Hall–Kier alpha value is -1.85. The number of aldehydes is 1. The smallest absolute Gasteiger partial charge is 0.269 e. The van der Waals surface area contributed by atoms with Gasteiger partial charge in [0, 0.05) is 33.3 Å². The molecule has 6 nitrogen and oxygen atoms in total. The van der Waals surface area contributed by atoms with E-state index in [0.717, 1.165) is 30.9 Å². The highest BCUT2D eigenvalue weighted by Gasteiger charge is 2.41. The predicted octanol–water partition coefficient (Wildman–Crippen LogP) is 1.28. The van der Waals surface area contributed by atoms with Crippen LogP contribution in [-0.2, 0) is 11.3 Å². The second-order valence-electron chi connectivity index (χ2n) is 6.81. The van der Waals surface area contributed by atoms with Gasteiger partial charge in [0.05, 0.1) is 5.69 Å². The number of hydrogen-bond acceptors (Lipinski definition) is 5. The maximum absolute atomic E-state index is 12.0. The third kappa shape index (κ3) is 2.62. The molecule has 1 spiro atoms. The van der Waals surface area contributed by atoms with Crippen LogP contribution in [0.1, 0.15) is 32.1 Å². The maximum Gasteiger partial charge on any atom is 0.269 e. The summed E-state index contributed by atoms with van der Waals surface area (Å²) in [4.78, 5) is 27.0. The lowest BCUT2D eigenvalue weighted by Gasteiger charge is -2.27. The predicted molar refractivity (Wildman–Crippen MR) is 86.6 cm³/mol. The van der Waals surface area contributed by atoms with Crippen LogP contribution >= 0.6 is 0 Å². The van der Waals surface area contributed by atoms with Crippen molar-refractivity contribution >= 4 is 17.8 Å². The van der Waals surface area contributed by atoms with E-state index in [2.05, 4.69) is 10.00 Å². The summed E-state index contributed by atoms with van der Waals surface area (Å²) in [5.41, 5.74) is 1.05. The van der Waals surface area contributed by atoms with Gasteiger partial charge in [-0.3, -0.25) is 4.79 Å². The SMILES string of the molecule is CN(C)c1cc(=O)n(CC=O)nc1N1CCC2(CCCC2)C1. The van der Waals surface area contributed by atoms with Gasteiger partial charge < -0.3 is 14.6 Å². The molecule has 1 aromatic heterocycles. The highest BCUT2D eigenvalue weighted by atomic mass is 16.1. The van der Waals surface area contributed by atoms with Crippen LogP contribution in [0.4, 0.5) is 11.5 Å². The lowest BCUT2D eigenvalue weighted by molar-refractivity contribution is -0.108. The Kier molecular flexibility index (Phi) is 3.93. The number of hydrogen-bond donors (Lipinski definition) is 0. The summed E-state index contributed by atoms with van der Waals surface area (Å²) >= 11 is 0. The van der Waals surface area contributed by atoms with Crippen molar-refractivity contribution in [1.82, 2.24) is 9.78 Å². The molecule has 1 aromatic rings. The molecule has 0 aromatic carbocycles. The molecule has 1 aliphatic carbocycles. The molecule has 1 saturated heterocycles. The van der Waals surface area contributed by atoms with Crippen LogP contribution in [0.2, 0.25) is 0 Å². The summed E-state index contributed by atoms with van der Waals surface area (Å²) in [5, 5.41) is 4.48. The van der Waals surface area contributed by atoms with Crippen molar-refractivity contribution in [3.8, 4) is 0 Å². The van der Waals surface area contributed by atoms with Crippen molar-refractivity contribution in [2.45, 2.75) is 38.6 Å². The zero-order valence-corrected chi connectivity index (χ0v) is 13.4. The van der Waals surface area contributed by atoms with Gasteiger partial charge in [-0.25, -0.2) is 4.68 Å². The molecular weight excluding hydrogens is 280 g/mol. The standard InChI is InChI=1S/C16H24N4O2/c1-18(2)13-11-14(22)20(9-10-21)17-15(13)19-8-7-16(12-19)5-3-4-6-16/h10-11H,3-9,12H2,1-2H3. The van der Waals surface area contributed by atoms with Crippen molar-refractivity contribution in [3.05, 3.63) is 16.4 Å². The van der Waals surface area contributed by atoms with Gasteiger partial charge in [-0.2, -0.15) is 0 Å².